The third-order valence-electron chi connectivity index (χ3n) is 0.733. The smallest absolute Gasteiger partial charge is 0.223 e. The predicted octanol–water partition coefficient (Wildman–Crippen LogP) is 0.235. The minimum Gasteiger partial charge on any atom is -0.223 e. The van der Waals surface area contributed by atoms with Gasteiger partial charge in [0.05, 0.1) is 0 Å². The predicted molar refractivity (Wildman–Crippen MR) is 23.9 cm³/mol. The van der Waals surface area contributed by atoms with Crippen LogP contribution in [0.4, 0.5) is 13.2 Å². The lowest BCUT2D eigenvalue weighted by Gasteiger charge is -2.02. The van der Waals surface area contributed by atoms with E-state index in [0.717, 1.165) is 6.33 Å². The molecule has 0 aromatic carbocycles. The number of hydrogen-bond acceptors (Lipinski definition) is 3. The fraction of sp³-hybridized carbons (Fsp3) is 0.667. The Morgan fingerprint density at radius 2 is 2.10 bits per heavy atom. The molecular formula is C3H3F3N4. The van der Waals surface area contributed by atoms with Gasteiger partial charge in [-0.15, -0.1) is 5.10 Å². The van der Waals surface area contributed by atoms with Crippen LogP contribution in [0.3, 0.4) is 0 Å². The van der Waals surface area contributed by atoms with Crippen molar-refractivity contribution < 1.29 is 13.2 Å². The second kappa shape index (κ2) is 2.24. The van der Waals surface area contributed by atoms with E-state index in [0.29, 0.717) is 4.68 Å². The maximum Gasteiger partial charge on any atom is 0.408 e. The molecule has 1 rings (SSSR count). The van der Waals surface area contributed by atoms with Crippen molar-refractivity contribution in [3.05, 3.63) is 6.33 Å². The van der Waals surface area contributed by atoms with Gasteiger partial charge >= 0.3 is 6.18 Å². The van der Waals surface area contributed by atoms with Gasteiger partial charge in [-0.25, -0.2) is 4.68 Å². The average Bonchev–Trinajstić information content (AvgIpc) is 2.12. The molecule has 0 amide bonds. The van der Waals surface area contributed by atoms with Crippen molar-refractivity contribution >= 4 is 0 Å². The largest absolute Gasteiger partial charge is 0.408 e. The summed E-state index contributed by atoms with van der Waals surface area (Å²) >= 11 is 0. The van der Waals surface area contributed by atoms with Crippen molar-refractivity contribution in [2.24, 2.45) is 0 Å². The van der Waals surface area contributed by atoms with Crippen LogP contribution >= 0.6 is 0 Å². The van der Waals surface area contributed by atoms with Crippen molar-refractivity contribution in [3.8, 4) is 0 Å². The molecule has 0 unspecified atom stereocenters. The average molecular weight is 152 g/mol. The van der Waals surface area contributed by atoms with Gasteiger partial charge in [0.25, 0.3) is 0 Å². The fourth-order valence-corrected chi connectivity index (χ4v) is 0.436. The number of alkyl halides is 3. The van der Waals surface area contributed by atoms with E-state index in [9.17, 15) is 13.2 Å². The third kappa shape index (κ3) is 2.00. The molecule has 0 saturated carbocycles. The summed E-state index contributed by atoms with van der Waals surface area (Å²) < 4.78 is 35.1. The molecule has 1 aromatic rings. The number of hydrogen-bond donors (Lipinski definition) is 0. The zero-order valence-electron chi connectivity index (χ0n) is 4.71. The van der Waals surface area contributed by atoms with Gasteiger partial charge in [-0.2, -0.15) is 13.2 Å². The molecule has 0 atom stereocenters. The standard InChI is InChI=1S/C3H3F3N4/c4-3(5,6)1-10-2-7-8-9-10/h2H,1H2. The lowest BCUT2D eigenvalue weighted by Crippen LogP contribution is -2.17. The normalized spacial score (nSPS) is 11.9. The van der Waals surface area contributed by atoms with Crippen LogP contribution in [0.2, 0.25) is 0 Å². The van der Waals surface area contributed by atoms with E-state index in [4.69, 9.17) is 0 Å². The third-order valence-corrected chi connectivity index (χ3v) is 0.733. The second-order valence-corrected chi connectivity index (χ2v) is 1.62. The summed E-state index contributed by atoms with van der Waals surface area (Å²) in [6.45, 7) is -1.14. The molecule has 1 aromatic heterocycles. The van der Waals surface area contributed by atoms with Crippen LogP contribution in [0.25, 0.3) is 0 Å². The molecule has 7 heteroatoms. The molecule has 10 heavy (non-hydrogen) atoms. The Labute approximate surface area is 53.6 Å². The van der Waals surface area contributed by atoms with Crippen molar-refractivity contribution in [1.82, 2.24) is 20.2 Å². The first-order valence-corrected chi connectivity index (χ1v) is 2.35. The van der Waals surface area contributed by atoms with Gasteiger partial charge in [-0.3, -0.25) is 0 Å². The molecule has 4 nitrogen and oxygen atoms in total. The summed E-state index contributed by atoms with van der Waals surface area (Å²) in [5.74, 6) is 0. The fourth-order valence-electron chi connectivity index (χ4n) is 0.436. The van der Waals surface area contributed by atoms with E-state index >= 15 is 0 Å². The van der Waals surface area contributed by atoms with Gasteiger partial charge in [0.2, 0.25) is 0 Å². The molecule has 0 saturated heterocycles. The van der Waals surface area contributed by atoms with Crippen LogP contribution in [-0.4, -0.2) is 26.4 Å². The Bertz CT molecular complexity index is 190. The van der Waals surface area contributed by atoms with Crippen LogP contribution in [0.5, 0.6) is 0 Å². The van der Waals surface area contributed by atoms with E-state index < -0.39 is 12.7 Å². The summed E-state index contributed by atoms with van der Waals surface area (Å²) in [5.41, 5.74) is 0. The lowest BCUT2D eigenvalue weighted by atomic mass is 10.6. The number of halogens is 3. The van der Waals surface area contributed by atoms with Crippen LogP contribution in [-0.2, 0) is 6.54 Å². The molecule has 56 valence electrons. The molecule has 0 N–H and O–H groups in total. The van der Waals surface area contributed by atoms with Crippen LogP contribution in [0.15, 0.2) is 6.33 Å². The highest BCUT2D eigenvalue weighted by Gasteiger charge is 2.28. The summed E-state index contributed by atoms with van der Waals surface area (Å²) in [6, 6.07) is 0. The topological polar surface area (TPSA) is 43.6 Å². The summed E-state index contributed by atoms with van der Waals surface area (Å²) in [5, 5.41) is 9.11. The lowest BCUT2D eigenvalue weighted by molar-refractivity contribution is -0.142. The first kappa shape index (κ1) is 6.97. The number of aromatic nitrogens is 4. The first-order valence-electron chi connectivity index (χ1n) is 2.35. The number of rotatable bonds is 1. The van der Waals surface area contributed by atoms with E-state index in [1.54, 1.807) is 0 Å². The highest BCUT2D eigenvalue weighted by molar-refractivity contribution is 4.52. The zero-order chi connectivity index (χ0) is 7.61. The molecular weight excluding hydrogens is 149 g/mol. The SMILES string of the molecule is FC(F)(F)Cn1cnnn1. The van der Waals surface area contributed by atoms with Gasteiger partial charge in [0, 0.05) is 0 Å². The minimum absolute atomic E-state index is 0.611. The Morgan fingerprint density at radius 1 is 1.40 bits per heavy atom. The van der Waals surface area contributed by atoms with Gasteiger partial charge < -0.3 is 0 Å². The molecule has 0 radical (unpaired) electrons. The van der Waals surface area contributed by atoms with E-state index in [2.05, 4.69) is 15.5 Å². The molecule has 0 bridgehead atoms. The Balaban J connectivity index is 2.57. The van der Waals surface area contributed by atoms with E-state index in [-0.39, 0.29) is 0 Å². The molecule has 0 aliphatic heterocycles. The Kier molecular flexibility index (Phi) is 1.56. The summed E-state index contributed by atoms with van der Waals surface area (Å²) in [6.07, 6.45) is -3.34. The maximum absolute atomic E-state index is 11.5. The monoisotopic (exact) mass is 152 g/mol. The van der Waals surface area contributed by atoms with Crippen LogP contribution in [0, 0.1) is 0 Å². The van der Waals surface area contributed by atoms with E-state index in [1.807, 2.05) is 0 Å². The minimum atomic E-state index is -4.25. The van der Waals surface area contributed by atoms with Crippen molar-refractivity contribution in [2.75, 3.05) is 0 Å². The molecule has 0 spiro atoms. The number of nitrogens with zero attached hydrogens (tertiary/aromatic N) is 4. The molecule has 1 heterocycles. The van der Waals surface area contributed by atoms with Gasteiger partial charge in [-0.1, -0.05) is 0 Å². The maximum atomic E-state index is 11.5. The number of tetrazole rings is 1. The van der Waals surface area contributed by atoms with Crippen LogP contribution in [0.1, 0.15) is 0 Å². The van der Waals surface area contributed by atoms with Gasteiger partial charge in [0.15, 0.2) is 0 Å². The van der Waals surface area contributed by atoms with Crippen LogP contribution < -0.4 is 0 Å². The summed E-state index contributed by atoms with van der Waals surface area (Å²) in [4.78, 5) is 0. The molecule has 0 aliphatic rings. The summed E-state index contributed by atoms with van der Waals surface area (Å²) in [7, 11) is 0. The van der Waals surface area contributed by atoms with Gasteiger partial charge in [0.1, 0.15) is 12.9 Å². The highest BCUT2D eigenvalue weighted by Crippen LogP contribution is 2.15. The van der Waals surface area contributed by atoms with Gasteiger partial charge in [-0.05, 0) is 10.4 Å². The van der Waals surface area contributed by atoms with Crippen molar-refractivity contribution in [3.63, 3.8) is 0 Å². The zero-order valence-corrected chi connectivity index (χ0v) is 4.71. The highest BCUT2D eigenvalue weighted by atomic mass is 19.4. The Morgan fingerprint density at radius 3 is 2.50 bits per heavy atom. The Hall–Kier alpha value is -1.14. The van der Waals surface area contributed by atoms with Crippen molar-refractivity contribution in [1.29, 1.82) is 0 Å². The second-order valence-electron chi connectivity index (χ2n) is 1.62. The molecule has 0 aliphatic carbocycles. The van der Waals surface area contributed by atoms with Crippen molar-refractivity contribution in [2.45, 2.75) is 12.7 Å². The first-order chi connectivity index (χ1) is 4.58. The van der Waals surface area contributed by atoms with E-state index in [1.165, 1.54) is 0 Å². The molecule has 0 fully saturated rings. The quantitative estimate of drug-likeness (QED) is 0.578.